The van der Waals surface area contributed by atoms with Crippen LogP contribution in [0.25, 0.3) is 11.3 Å². The van der Waals surface area contributed by atoms with E-state index in [2.05, 4.69) is 52.7 Å². The summed E-state index contributed by atoms with van der Waals surface area (Å²) in [6, 6.07) is 9.79. The quantitative estimate of drug-likeness (QED) is 0.338. The lowest BCUT2D eigenvalue weighted by atomic mass is 9.94. The molecular formula is C27H28N6O2S2. The Kier molecular flexibility index (Phi) is 5.78. The molecular weight excluding hydrogens is 504 g/mol. The number of thiazole rings is 1. The van der Waals surface area contributed by atoms with E-state index in [0.717, 1.165) is 52.5 Å². The van der Waals surface area contributed by atoms with Gasteiger partial charge in [-0.2, -0.15) is 5.10 Å². The zero-order chi connectivity index (χ0) is 25.9. The second-order valence-electron chi connectivity index (χ2n) is 10.5. The number of rotatable bonds is 4. The number of fused-ring (bicyclic) bond motifs is 2. The summed E-state index contributed by atoms with van der Waals surface area (Å²) in [5.74, 6) is 0.0368. The summed E-state index contributed by atoms with van der Waals surface area (Å²) in [5, 5.41) is 14.2. The van der Waals surface area contributed by atoms with E-state index < -0.39 is 0 Å². The molecule has 0 saturated carbocycles. The number of amides is 1. The fourth-order valence-corrected chi connectivity index (χ4v) is 6.95. The molecule has 3 N–H and O–H groups in total. The molecule has 0 saturated heterocycles. The van der Waals surface area contributed by atoms with E-state index >= 15 is 0 Å². The number of hydrogen-bond donors (Lipinski definition) is 3. The minimum Gasteiger partial charge on any atom is -0.327 e. The number of benzene rings is 1. The van der Waals surface area contributed by atoms with Crippen LogP contribution < -0.4 is 21.1 Å². The first-order chi connectivity index (χ1) is 17.7. The molecule has 0 unspecified atom stereocenters. The number of carbonyl (C=O) groups is 1. The second kappa shape index (κ2) is 8.90. The Morgan fingerprint density at radius 1 is 1.14 bits per heavy atom. The van der Waals surface area contributed by atoms with Gasteiger partial charge in [-0.15, -0.1) is 22.7 Å². The molecule has 37 heavy (non-hydrogen) atoms. The SMILES string of the molecule is Cc1c(-c2cc(Nc3nc4c(s3)CNCC4)c(=O)[nH]n2)cccc1N1Cc2cc(C(C)(C)C)sc2C1=O. The standard InChI is InChI=1S/C27H28N6O2S2/c1-14-16(6-5-7-20(14)33-13-15-10-22(27(2,3)4)37-23(15)25(33)35)18-11-19(24(34)32-31-18)30-26-29-17-8-9-28-12-21(17)36-26/h5-7,10-11,28H,8-9,12-13H2,1-4H3,(H,32,34)(H,29,30,31). The highest BCUT2D eigenvalue weighted by atomic mass is 32.1. The molecule has 3 aromatic heterocycles. The molecule has 1 amide bonds. The van der Waals surface area contributed by atoms with Gasteiger partial charge in [0.25, 0.3) is 11.5 Å². The van der Waals surface area contributed by atoms with Crippen molar-refractivity contribution in [2.45, 2.75) is 52.6 Å². The fraction of sp³-hybridized carbons (Fsp3) is 0.333. The van der Waals surface area contributed by atoms with Crippen LogP contribution in [0.4, 0.5) is 16.5 Å². The van der Waals surface area contributed by atoms with Crippen LogP contribution in [0.2, 0.25) is 0 Å². The summed E-state index contributed by atoms with van der Waals surface area (Å²) in [6.45, 7) is 10.8. The Morgan fingerprint density at radius 2 is 1.97 bits per heavy atom. The van der Waals surface area contributed by atoms with Gasteiger partial charge in [0.2, 0.25) is 0 Å². The van der Waals surface area contributed by atoms with E-state index in [4.69, 9.17) is 0 Å². The number of nitrogens with zero attached hydrogens (tertiary/aromatic N) is 3. The maximum atomic E-state index is 13.4. The van der Waals surface area contributed by atoms with Crippen LogP contribution in [-0.4, -0.2) is 27.6 Å². The second-order valence-corrected chi connectivity index (χ2v) is 12.6. The number of nitrogens with one attached hydrogen (secondary N) is 3. The first-order valence-corrected chi connectivity index (χ1v) is 13.9. The maximum absolute atomic E-state index is 13.4. The van der Waals surface area contributed by atoms with Crippen molar-refractivity contribution in [3.8, 4) is 11.3 Å². The summed E-state index contributed by atoms with van der Waals surface area (Å²) in [4.78, 5) is 35.7. The third-order valence-electron chi connectivity index (χ3n) is 6.84. The lowest BCUT2D eigenvalue weighted by molar-refractivity contribution is 0.1000. The van der Waals surface area contributed by atoms with Crippen LogP contribution in [-0.2, 0) is 24.9 Å². The molecule has 4 aromatic rings. The molecule has 0 aliphatic carbocycles. The van der Waals surface area contributed by atoms with Gasteiger partial charge in [0.1, 0.15) is 5.69 Å². The highest BCUT2D eigenvalue weighted by molar-refractivity contribution is 7.15. The van der Waals surface area contributed by atoms with Gasteiger partial charge in [-0.1, -0.05) is 32.9 Å². The van der Waals surface area contributed by atoms with Gasteiger partial charge < -0.3 is 15.5 Å². The van der Waals surface area contributed by atoms with E-state index in [0.29, 0.717) is 23.1 Å². The number of H-pyrrole nitrogens is 1. The number of thiophene rings is 1. The Labute approximate surface area is 222 Å². The predicted octanol–water partition coefficient (Wildman–Crippen LogP) is 5.11. The van der Waals surface area contributed by atoms with E-state index in [9.17, 15) is 9.59 Å². The number of hydrogen-bond acceptors (Lipinski definition) is 8. The molecule has 10 heteroatoms. The first kappa shape index (κ1) is 24.0. The van der Waals surface area contributed by atoms with E-state index in [1.165, 1.54) is 9.75 Å². The average molecular weight is 533 g/mol. The molecule has 0 fully saturated rings. The maximum Gasteiger partial charge on any atom is 0.287 e. The summed E-state index contributed by atoms with van der Waals surface area (Å²) in [6.07, 6.45) is 0.886. The Hall–Kier alpha value is -3.34. The lowest BCUT2D eigenvalue weighted by Crippen LogP contribution is -2.24. The molecule has 2 aliphatic rings. The summed E-state index contributed by atoms with van der Waals surface area (Å²) < 4.78 is 0. The zero-order valence-corrected chi connectivity index (χ0v) is 22.8. The topological polar surface area (TPSA) is 103 Å². The smallest absolute Gasteiger partial charge is 0.287 e. The number of carbonyl (C=O) groups excluding carboxylic acids is 1. The van der Waals surface area contributed by atoms with Crippen molar-refractivity contribution in [1.82, 2.24) is 20.5 Å². The largest absolute Gasteiger partial charge is 0.327 e. The molecule has 0 atom stereocenters. The van der Waals surface area contributed by atoms with Gasteiger partial charge in [0.15, 0.2) is 5.13 Å². The lowest BCUT2D eigenvalue weighted by Gasteiger charge is -2.21. The minimum atomic E-state index is -0.308. The summed E-state index contributed by atoms with van der Waals surface area (Å²) in [7, 11) is 0. The van der Waals surface area contributed by atoms with Crippen molar-refractivity contribution in [3.05, 3.63) is 72.1 Å². The van der Waals surface area contributed by atoms with Crippen molar-refractivity contribution < 1.29 is 4.79 Å². The third-order valence-corrected chi connectivity index (χ3v) is 9.44. The molecule has 0 spiro atoms. The van der Waals surface area contributed by atoms with E-state index in [1.807, 2.05) is 30.0 Å². The van der Waals surface area contributed by atoms with Gasteiger partial charge in [-0.25, -0.2) is 10.1 Å². The molecule has 1 aromatic carbocycles. The molecule has 0 bridgehead atoms. The Balaban J connectivity index is 1.30. The van der Waals surface area contributed by atoms with Crippen LogP contribution in [0.3, 0.4) is 0 Å². The van der Waals surface area contributed by atoms with Gasteiger partial charge >= 0.3 is 0 Å². The molecule has 2 aliphatic heterocycles. The van der Waals surface area contributed by atoms with E-state index in [-0.39, 0.29) is 16.9 Å². The van der Waals surface area contributed by atoms with E-state index in [1.54, 1.807) is 28.7 Å². The van der Waals surface area contributed by atoms with Crippen molar-refractivity contribution in [1.29, 1.82) is 0 Å². The van der Waals surface area contributed by atoms with Crippen LogP contribution in [0, 0.1) is 6.92 Å². The average Bonchev–Trinajstić information content (AvgIpc) is 3.54. The number of aromatic nitrogens is 3. The van der Waals surface area contributed by atoms with Crippen molar-refractivity contribution in [2.24, 2.45) is 0 Å². The minimum absolute atomic E-state index is 0.0203. The molecule has 5 heterocycles. The molecule has 190 valence electrons. The van der Waals surface area contributed by atoms with Crippen molar-refractivity contribution >= 4 is 45.1 Å². The Bertz CT molecular complexity index is 1570. The van der Waals surface area contributed by atoms with Crippen LogP contribution in [0.5, 0.6) is 0 Å². The normalized spacial score (nSPS) is 15.1. The summed E-state index contributed by atoms with van der Waals surface area (Å²) >= 11 is 3.15. The fourth-order valence-electron chi connectivity index (χ4n) is 4.78. The van der Waals surface area contributed by atoms with Crippen molar-refractivity contribution in [2.75, 3.05) is 16.8 Å². The molecule has 6 rings (SSSR count). The van der Waals surface area contributed by atoms with Crippen LogP contribution in [0.15, 0.2) is 35.1 Å². The van der Waals surface area contributed by atoms with Gasteiger partial charge in [-0.05, 0) is 41.7 Å². The van der Waals surface area contributed by atoms with Gasteiger partial charge in [0.05, 0.1) is 22.8 Å². The third kappa shape index (κ3) is 4.28. The van der Waals surface area contributed by atoms with Gasteiger partial charge in [0, 0.05) is 40.5 Å². The van der Waals surface area contributed by atoms with Crippen molar-refractivity contribution in [3.63, 3.8) is 0 Å². The monoisotopic (exact) mass is 532 g/mol. The zero-order valence-electron chi connectivity index (χ0n) is 21.2. The first-order valence-electron chi connectivity index (χ1n) is 12.3. The highest BCUT2D eigenvalue weighted by Gasteiger charge is 2.34. The predicted molar refractivity (Wildman–Crippen MR) is 149 cm³/mol. The number of anilines is 3. The molecule has 8 nitrogen and oxygen atoms in total. The molecule has 0 radical (unpaired) electrons. The highest BCUT2D eigenvalue weighted by Crippen LogP contribution is 2.40. The van der Waals surface area contributed by atoms with Crippen LogP contribution >= 0.6 is 22.7 Å². The number of aromatic amines is 1. The Morgan fingerprint density at radius 3 is 2.73 bits per heavy atom. The van der Waals surface area contributed by atoms with Crippen LogP contribution in [0.1, 0.15) is 57.0 Å². The summed E-state index contributed by atoms with van der Waals surface area (Å²) in [5.41, 5.74) is 5.54. The van der Waals surface area contributed by atoms with Gasteiger partial charge in [-0.3, -0.25) is 9.59 Å².